The maximum atomic E-state index is 11.5. The van der Waals surface area contributed by atoms with E-state index in [4.69, 9.17) is 11.6 Å². The van der Waals surface area contributed by atoms with Crippen molar-refractivity contribution < 1.29 is 4.79 Å². The summed E-state index contributed by atoms with van der Waals surface area (Å²) in [6.45, 7) is 6.85. The van der Waals surface area contributed by atoms with E-state index in [-0.39, 0.29) is 17.2 Å². The largest absolute Gasteiger partial charge is 0.356 e. The lowest BCUT2D eigenvalue weighted by atomic mass is 10.0. The molecule has 0 heterocycles. The maximum absolute atomic E-state index is 11.5. The van der Waals surface area contributed by atoms with E-state index in [1.165, 1.54) is 0 Å². The van der Waals surface area contributed by atoms with Crippen LogP contribution >= 0.6 is 11.6 Å². The van der Waals surface area contributed by atoms with E-state index >= 15 is 0 Å². The second kappa shape index (κ2) is 8.10. The summed E-state index contributed by atoms with van der Waals surface area (Å²) in [6, 6.07) is 0. The van der Waals surface area contributed by atoms with Gasteiger partial charge in [-0.15, -0.1) is 11.6 Å². The zero-order valence-corrected chi connectivity index (χ0v) is 10.2. The molecule has 3 heteroatoms. The highest BCUT2D eigenvalue weighted by molar-refractivity contribution is 6.20. The summed E-state index contributed by atoms with van der Waals surface area (Å²) in [4.78, 5) is 11.5. The lowest BCUT2D eigenvalue weighted by Gasteiger charge is -2.13. The van der Waals surface area contributed by atoms with E-state index in [2.05, 4.69) is 12.2 Å². The number of carbonyl (C=O) groups excluding carboxylic acids is 1. The Labute approximate surface area is 92.4 Å². The lowest BCUT2D eigenvalue weighted by Crippen LogP contribution is -2.31. The van der Waals surface area contributed by atoms with E-state index < -0.39 is 0 Å². The number of amides is 1. The molecule has 0 saturated carbocycles. The fraction of sp³-hybridized carbons (Fsp3) is 0.909. The average Bonchev–Trinajstić information content (AvgIpc) is 2.19. The van der Waals surface area contributed by atoms with Gasteiger partial charge in [0, 0.05) is 17.8 Å². The zero-order chi connectivity index (χ0) is 11.0. The lowest BCUT2D eigenvalue weighted by molar-refractivity contribution is -0.125. The van der Waals surface area contributed by atoms with Crippen molar-refractivity contribution in [2.75, 3.05) is 6.54 Å². The molecule has 0 rings (SSSR count). The maximum Gasteiger partial charge on any atom is 0.223 e. The Hall–Kier alpha value is -0.240. The molecule has 1 N–H and O–H groups in total. The summed E-state index contributed by atoms with van der Waals surface area (Å²) in [6.07, 6.45) is 3.66. The third-order valence-corrected chi connectivity index (χ3v) is 3.08. The molecule has 0 aromatic rings. The Kier molecular flexibility index (Phi) is 7.96. The van der Waals surface area contributed by atoms with Crippen LogP contribution in [0.3, 0.4) is 0 Å². The van der Waals surface area contributed by atoms with Crippen LogP contribution in [0.4, 0.5) is 0 Å². The highest BCUT2D eigenvalue weighted by Crippen LogP contribution is 2.08. The second-order valence-electron chi connectivity index (χ2n) is 3.60. The number of alkyl halides is 1. The van der Waals surface area contributed by atoms with Gasteiger partial charge in [-0.25, -0.2) is 0 Å². The van der Waals surface area contributed by atoms with Crippen molar-refractivity contribution in [1.29, 1.82) is 0 Å². The van der Waals surface area contributed by atoms with Crippen molar-refractivity contribution in [2.24, 2.45) is 5.92 Å². The van der Waals surface area contributed by atoms with Gasteiger partial charge in [0.2, 0.25) is 5.91 Å². The third-order valence-electron chi connectivity index (χ3n) is 2.56. The Morgan fingerprint density at radius 3 is 2.21 bits per heavy atom. The molecule has 0 bridgehead atoms. The SMILES string of the molecule is CCC(Cl)CCNC(=O)C(CC)CC. The molecule has 0 aliphatic carbocycles. The standard InChI is InChI=1S/C11H22ClNO/c1-4-9(5-2)11(14)13-8-7-10(12)6-3/h9-10H,4-8H2,1-3H3,(H,13,14). The minimum atomic E-state index is 0.172. The van der Waals surface area contributed by atoms with E-state index in [1.54, 1.807) is 0 Å². The minimum absolute atomic E-state index is 0.172. The molecule has 0 spiro atoms. The van der Waals surface area contributed by atoms with Crippen molar-refractivity contribution in [1.82, 2.24) is 5.32 Å². The van der Waals surface area contributed by atoms with Crippen LogP contribution in [0.25, 0.3) is 0 Å². The molecule has 0 aromatic carbocycles. The van der Waals surface area contributed by atoms with Gasteiger partial charge in [-0.2, -0.15) is 0 Å². The van der Waals surface area contributed by atoms with Gasteiger partial charge < -0.3 is 5.32 Å². The van der Waals surface area contributed by atoms with E-state index in [0.29, 0.717) is 6.54 Å². The smallest absolute Gasteiger partial charge is 0.223 e. The summed E-state index contributed by atoms with van der Waals surface area (Å²) in [5.74, 6) is 0.348. The predicted octanol–water partition coefficient (Wildman–Crippen LogP) is 2.95. The molecule has 0 saturated heterocycles. The molecular formula is C11H22ClNO. The van der Waals surface area contributed by atoms with Crippen molar-refractivity contribution in [3.8, 4) is 0 Å². The molecule has 0 fully saturated rings. The topological polar surface area (TPSA) is 29.1 Å². The number of rotatable bonds is 7. The monoisotopic (exact) mass is 219 g/mol. The molecule has 1 amide bonds. The molecule has 14 heavy (non-hydrogen) atoms. The first-order chi connectivity index (χ1) is 6.65. The van der Waals surface area contributed by atoms with Crippen LogP contribution in [0.5, 0.6) is 0 Å². The summed E-state index contributed by atoms with van der Waals surface area (Å²) in [5, 5.41) is 3.12. The first kappa shape index (κ1) is 13.8. The first-order valence-electron chi connectivity index (χ1n) is 5.57. The van der Waals surface area contributed by atoms with Gasteiger partial charge >= 0.3 is 0 Å². The molecule has 1 atom stereocenters. The molecule has 0 aliphatic rings. The second-order valence-corrected chi connectivity index (χ2v) is 4.22. The molecule has 0 radical (unpaired) electrons. The average molecular weight is 220 g/mol. The van der Waals surface area contributed by atoms with Crippen LogP contribution in [0.1, 0.15) is 46.5 Å². The Balaban J connectivity index is 3.62. The van der Waals surface area contributed by atoms with Gasteiger partial charge in [0.15, 0.2) is 0 Å². The van der Waals surface area contributed by atoms with Crippen molar-refractivity contribution in [2.45, 2.75) is 51.8 Å². The van der Waals surface area contributed by atoms with Gasteiger partial charge in [-0.3, -0.25) is 4.79 Å². The molecular weight excluding hydrogens is 198 g/mol. The molecule has 2 nitrogen and oxygen atoms in total. The Morgan fingerprint density at radius 1 is 1.21 bits per heavy atom. The van der Waals surface area contributed by atoms with Crippen molar-refractivity contribution in [3.05, 3.63) is 0 Å². The summed E-state index contributed by atoms with van der Waals surface area (Å²) >= 11 is 5.94. The van der Waals surface area contributed by atoms with Crippen LogP contribution in [0.15, 0.2) is 0 Å². The number of hydrogen-bond donors (Lipinski definition) is 1. The summed E-state index contributed by atoms with van der Waals surface area (Å²) in [5.41, 5.74) is 0. The van der Waals surface area contributed by atoms with E-state index in [1.807, 2.05) is 13.8 Å². The van der Waals surface area contributed by atoms with Crippen molar-refractivity contribution >= 4 is 17.5 Å². The van der Waals surface area contributed by atoms with Crippen LogP contribution in [0.2, 0.25) is 0 Å². The number of carbonyl (C=O) groups is 1. The van der Waals surface area contributed by atoms with E-state index in [9.17, 15) is 4.79 Å². The van der Waals surface area contributed by atoms with Gasteiger partial charge in [-0.1, -0.05) is 20.8 Å². The predicted molar refractivity (Wildman–Crippen MR) is 61.6 cm³/mol. The quantitative estimate of drug-likeness (QED) is 0.656. The zero-order valence-electron chi connectivity index (χ0n) is 9.48. The van der Waals surface area contributed by atoms with Gasteiger partial charge in [-0.05, 0) is 25.7 Å². The summed E-state index contributed by atoms with van der Waals surface area (Å²) in [7, 11) is 0. The highest BCUT2D eigenvalue weighted by Gasteiger charge is 2.13. The van der Waals surface area contributed by atoms with Crippen LogP contribution < -0.4 is 5.32 Å². The third kappa shape index (κ3) is 5.48. The van der Waals surface area contributed by atoms with Crippen molar-refractivity contribution in [3.63, 3.8) is 0 Å². The minimum Gasteiger partial charge on any atom is -0.356 e. The number of nitrogens with one attached hydrogen (secondary N) is 1. The van der Waals surface area contributed by atoms with Crippen LogP contribution in [-0.2, 0) is 4.79 Å². The number of halogens is 1. The highest BCUT2D eigenvalue weighted by atomic mass is 35.5. The normalized spacial score (nSPS) is 12.9. The van der Waals surface area contributed by atoms with E-state index in [0.717, 1.165) is 25.7 Å². The fourth-order valence-electron chi connectivity index (χ4n) is 1.36. The molecule has 0 aromatic heterocycles. The van der Waals surface area contributed by atoms with Gasteiger partial charge in [0.1, 0.15) is 0 Å². The number of hydrogen-bond acceptors (Lipinski definition) is 1. The summed E-state index contributed by atoms with van der Waals surface area (Å²) < 4.78 is 0. The molecule has 0 aliphatic heterocycles. The van der Waals surface area contributed by atoms with Crippen LogP contribution in [0, 0.1) is 5.92 Å². The van der Waals surface area contributed by atoms with Crippen LogP contribution in [-0.4, -0.2) is 17.8 Å². The first-order valence-corrected chi connectivity index (χ1v) is 6.01. The fourth-order valence-corrected chi connectivity index (χ4v) is 1.47. The van der Waals surface area contributed by atoms with Gasteiger partial charge in [0.25, 0.3) is 0 Å². The molecule has 1 unspecified atom stereocenters. The van der Waals surface area contributed by atoms with Gasteiger partial charge in [0.05, 0.1) is 0 Å². The Bertz CT molecular complexity index is 157. The Morgan fingerprint density at radius 2 is 1.79 bits per heavy atom. The molecule has 84 valence electrons.